The summed E-state index contributed by atoms with van der Waals surface area (Å²) >= 11 is 0. The number of carboxylic acids is 6. The minimum absolute atomic E-state index is 0. The molecule has 0 fully saturated rings. The van der Waals surface area contributed by atoms with Crippen molar-refractivity contribution >= 4 is 79.4 Å². The van der Waals surface area contributed by atoms with Crippen LogP contribution in [0.15, 0.2) is 243 Å². The zero-order valence-electron chi connectivity index (χ0n) is 53.7. The molecule has 4 heterocycles. The van der Waals surface area contributed by atoms with Gasteiger partial charge in [0.15, 0.2) is 0 Å². The van der Waals surface area contributed by atoms with E-state index in [0.717, 1.165) is 116 Å². The molecular weight excluding hydrogens is 1510 g/mol. The molecule has 494 valence electrons. The predicted octanol–water partition coefficient (Wildman–Crippen LogP) is 9.24. The molecule has 0 N–H and O–H groups in total. The fourth-order valence-corrected chi connectivity index (χ4v) is 8.62. The number of carbonyl (C=O) groups excluding carboxylic acids is 6. The van der Waals surface area contributed by atoms with Gasteiger partial charge < -0.3 is 59.4 Å². The molecule has 0 aliphatic carbocycles. The van der Waals surface area contributed by atoms with Crippen LogP contribution in [0.25, 0.3) is 43.6 Å². The molecule has 0 aliphatic rings. The third-order valence-electron chi connectivity index (χ3n) is 14.3. The molecule has 0 aliphatic heterocycles. The van der Waals surface area contributed by atoms with E-state index in [0.29, 0.717) is 0 Å². The van der Waals surface area contributed by atoms with E-state index in [-0.39, 0.29) is 110 Å². The molecule has 0 spiro atoms. The number of pyridine rings is 4. The van der Waals surface area contributed by atoms with Gasteiger partial charge in [-0.2, -0.15) is 0 Å². The van der Waals surface area contributed by atoms with Crippen molar-refractivity contribution in [2.75, 3.05) is 0 Å². The Kier molecular flexibility index (Phi) is 36.9. The third kappa shape index (κ3) is 26.9. The van der Waals surface area contributed by atoms with Gasteiger partial charge >= 0.3 is 76.3 Å². The molecule has 0 saturated heterocycles. The Bertz CT molecular complexity index is 3720. The van der Waals surface area contributed by atoms with Crippen LogP contribution >= 0.6 is 0 Å². The number of benzene rings is 8. The molecule has 0 bridgehead atoms. The average molecular weight is 1580 g/mol. The maximum Gasteiger partial charge on any atom is 3.00 e. The van der Waals surface area contributed by atoms with Crippen LogP contribution in [-0.2, 0) is 38.5 Å². The van der Waals surface area contributed by atoms with Crippen molar-refractivity contribution in [1.82, 2.24) is 19.9 Å². The molecule has 16 nitrogen and oxygen atoms in total. The van der Waals surface area contributed by atoms with E-state index >= 15 is 0 Å². The van der Waals surface area contributed by atoms with Crippen molar-refractivity contribution in [2.45, 2.75) is 80.1 Å². The van der Waals surface area contributed by atoms with Gasteiger partial charge in [-0.25, -0.2) is 0 Å². The zero-order valence-corrected chi connectivity index (χ0v) is 57.7. The number of carboxylic acid groups (broad SMARTS) is 6. The van der Waals surface area contributed by atoms with Gasteiger partial charge in [-0.3, -0.25) is 19.9 Å². The van der Waals surface area contributed by atoms with Crippen LogP contribution in [-0.4, -0.2) is 55.8 Å². The topological polar surface area (TPSA) is 292 Å². The Hall–Kier alpha value is -9.23. The number of carbonyl (C=O) groups is 6. The number of nitrogens with zero attached hydrogens (tertiary/aromatic N) is 4. The largest absolute Gasteiger partial charge is 3.00 e. The number of rotatable bonds is 12. The van der Waals surface area contributed by atoms with E-state index in [9.17, 15) is 59.4 Å². The quantitative estimate of drug-likeness (QED) is 0.103. The molecule has 4 aromatic heterocycles. The molecule has 18 heteroatoms. The Morgan fingerprint density at radius 2 is 0.365 bits per heavy atom. The summed E-state index contributed by atoms with van der Waals surface area (Å²) < 4.78 is 0. The predicted molar refractivity (Wildman–Crippen MR) is 355 cm³/mol. The Morgan fingerprint density at radius 3 is 0.479 bits per heavy atom. The van der Waals surface area contributed by atoms with Crippen molar-refractivity contribution in [3.8, 4) is 0 Å². The first-order valence-electron chi connectivity index (χ1n) is 30.3. The molecule has 8 aromatic carbocycles. The summed E-state index contributed by atoms with van der Waals surface area (Å²) in [5, 5.41) is 66.3. The fraction of sp³-hybridized carbons (Fsp3) is 0.154. The number of aromatic nitrogens is 4. The molecule has 0 unspecified atom stereocenters. The van der Waals surface area contributed by atoms with Gasteiger partial charge in [-0.1, -0.05) is 236 Å². The number of aromatic carboxylic acids is 6. The number of fused-ring (bicyclic) bond motifs is 6. The number of aryl methyl sites for hydroxylation is 6. The summed E-state index contributed by atoms with van der Waals surface area (Å²) in [6.07, 6.45) is 12.8. The van der Waals surface area contributed by atoms with Crippen molar-refractivity contribution in [1.29, 1.82) is 0 Å². The van der Waals surface area contributed by atoms with E-state index in [1.54, 1.807) is 170 Å². The van der Waals surface area contributed by atoms with Crippen LogP contribution in [0, 0.1) is 76.3 Å². The Morgan fingerprint density at radius 1 is 0.229 bits per heavy atom. The van der Waals surface area contributed by atoms with Gasteiger partial charge in [0.1, 0.15) is 0 Å². The van der Waals surface area contributed by atoms with Crippen LogP contribution in [0.2, 0.25) is 0 Å². The van der Waals surface area contributed by atoms with Crippen LogP contribution in [0.1, 0.15) is 137 Å². The molecule has 0 atom stereocenters. The molecule has 0 saturated carbocycles. The van der Waals surface area contributed by atoms with Crippen molar-refractivity contribution in [3.05, 3.63) is 310 Å². The molecular formula is C78H70Dy2N4O12. The first-order chi connectivity index (χ1) is 45.3. The average Bonchev–Trinajstić information content (AvgIpc) is 0.811. The van der Waals surface area contributed by atoms with Gasteiger partial charge in [-0.05, 0) is 130 Å². The maximum atomic E-state index is 10.3. The smallest absolute Gasteiger partial charge is 0.545 e. The van der Waals surface area contributed by atoms with E-state index in [1.807, 2.05) is 65.8 Å². The summed E-state index contributed by atoms with van der Waals surface area (Å²) in [5.74, 6) is -6.71. The molecule has 12 aromatic rings. The summed E-state index contributed by atoms with van der Waals surface area (Å²) in [5.41, 5.74) is 12.1. The Labute approximate surface area is 619 Å². The van der Waals surface area contributed by atoms with Crippen molar-refractivity contribution in [2.24, 2.45) is 0 Å². The molecule has 12 rings (SSSR count). The van der Waals surface area contributed by atoms with Gasteiger partial charge in [0.2, 0.25) is 0 Å². The Balaban J connectivity index is 0.000000286. The van der Waals surface area contributed by atoms with Crippen LogP contribution < -0.4 is 30.6 Å². The SMILES string of the molecule is CCc1ccc(C(=O)[O-])cc1.CCc1ccc(C(=O)[O-])cc1.CCc1ccc(C(=O)[O-])cc1.CCc1ccc(C(=O)[O-])cc1.CCc1ccc(C(=O)[O-])cc1.CCc1ccc(C(=O)[O-])cc1.[Dy+3].[Dy+3].c1cnc2c(c1)ccc1cccnc12.c1cnc2c(c1)ccc1cccnc12. The molecule has 2 radical (unpaired) electrons. The molecule has 0 amide bonds. The first kappa shape index (κ1) is 81.0. The normalized spacial score (nSPS) is 9.73. The summed E-state index contributed by atoms with van der Waals surface area (Å²) in [6, 6.07) is 64.6. The first-order valence-corrected chi connectivity index (χ1v) is 30.3. The van der Waals surface area contributed by atoms with E-state index in [2.05, 4.69) is 68.5 Å². The van der Waals surface area contributed by atoms with Gasteiger partial charge in [0.05, 0.1) is 57.9 Å². The minimum atomic E-state index is -1.12. The van der Waals surface area contributed by atoms with Gasteiger partial charge in [-0.15, -0.1) is 0 Å². The second kappa shape index (κ2) is 43.7. The van der Waals surface area contributed by atoms with Gasteiger partial charge in [0.25, 0.3) is 0 Å². The fourth-order valence-electron chi connectivity index (χ4n) is 8.62. The second-order valence-corrected chi connectivity index (χ2v) is 20.5. The molecule has 96 heavy (non-hydrogen) atoms. The zero-order chi connectivity index (χ0) is 68.4. The maximum absolute atomic E-state index is 10.3. The van der Waals surface area contributed by atoms with Crippen molar-refractivity contribution < 1.29 is 136 Å². The van der Waals surface area contributed by atoms with Crippen LogP contribution in [0.5, 0.6) is 0 Å². The standard InChI is InChI=1S/2C12H8N2.6C9H10O2.2Dy/c2*1-3-9-5-6-10-4-2-8-14-12(10)11(9)13-7-1;6*1-2-7-3-5-8(6-4-7)9(10)11;;/h2*1-8H;6*3-6H,2H2,1H3,(H,10,11);;/q;;;;;;;;2*+3/p-6. The van der Waals surface area contributed by atoms with Crippen molar-refractivity contribution in [3.63, 3.8) is 0 Å². The van der Waals surface area contributed by atoms with Crippen LogP contribution in [0.4, 0.5) is 0 Å². The number of hydrogen-bond acceptors (Lipinski definition) is 16. The van der Waals surface area contributed by atoms with Gasteiger partial charge in [0, 0.05) is 46.3 Å². The minimum Gasteiger partial charge on any atom is -0.545 e. The monoisotopic (exact) mass is 1580 g/mol. The summed E-state index contributed by atoms with van der Waals surface area (Å²) in [7, 11) is 0. The van der Waals surface area contributed by atoms with E-state index < -0.39 is 35.8 Å². The number of hydrogen-bond donors (Lipinski definition) is 0. The van der Waals surface area contributed by atoms with Crippen LogP contribution in [0.3, 0.4) is 0 Å². The van der Waals surface area contributed by atoms with E-state index in [1.165, 1.54) is 0 Å². The second-order valence-electron chi connectivity index (χ2n) is 20.5. The van der Waals surface area contributed by atoms with E-state index in [4.69, 9.17) is 0 Å². The third-order valence-corrected chi connectivity index (χ3v) is 14.3. The summed E-state index contributed by atoms with van der Waals surface area (Å²) in [6.45, 7) is 12.1. The summed E-state index contributed by atoms with van der Waals surface area (Å²) in [4.78, 5) is 79.1.